The van der Waals surface area contributed by atoms with Crippen LogP contribution in [0.15, 0.2) is 6.20 Å². The molecule has 0 saturated heterocycles. The van der Waals surface area contributed by atoms with Gasteiger partial charge in [0.25, 0.3) is 0 Å². The van der Waals surface area contributed by atoms with Gasteiger partial charge in [-0.25, -0.2) is 0 Å². The number of hydrogen-bond acceptors (Lipinski definition) is 3. The fourth-order valence-electron chi connectivity index (χ4n) is 2.46. The van der Waals surface area contributed by atoms with E-state index in [1.165, 1.54) is 12.8 Å². The molecular weight excluding hydrogens is 206 g/mol. The summed E-state index contributed by atoms with van der Waals surface area (Å²) in [5.74, 6) is 0.0605. The SMILES string of the molecule is O=C1CC(=O)c2cn(C3CCCC3)nc2N1. The highest BCUT2D eigenvalue weighted by Crippen LogP contribution is 2.31. The molecule has 1 fully saturated rings. The number of nitrogens with zero attached hydrogens (tertiary/aromatic N) is 2. The van der Waals surface area contributed by atoms with Crippen LogP contribution in [0.3, 0.4) is 0 Å². The summed E-state index contributed by atoms with van der Waals surface area (Å²) in [6, 6.07) is 0.398. The smallest absolute Gasteiger partial charge is 0.233 e. The number of carbonyl (C=O) groups excluding carboxylic acids is 2. The van der Waals surface area contributed by atoms with Crippen molar-refractivity contribution in [2.24, 2.45) is 0 Å². The monoisotopic (exact) mass is 219 g/mol. The summed E-state index contributed by atoms with van der Waals surface area (Å²) in [5.41, 5.74) is 0.562. The first kappa shape index (κ1) is 9.57. The average molecular weight is 219 g/mol. The highest BCUT2D eigenvalue weighted by molar-refractivity contribution is 6.17. The molecule has 5 nitrogen and oxygen atoms in total. The van der Waals surface area contributed by atoms with E-state index in [0.29, 0.717) is 17.4 Å². The van der Waals surface area contributed by atoms with Crippen molar-refractivity contribution in [1.29, 1.82) is 0 Å². The zero-order valence-electron chi connectivity index (χ0n) is 8.90. The molecule has 1 aliphatic carbocycles. The normalized spacial score (nSPS) is 21.0. The molecule has 0 spiro atoms. The Morgan fingerprint density at radius 2 is 2.06 bits per heavy atom. The molecule has 1 N–H and O–H groups in total. The highest BCUT2D eigenvalue weighted by Gasteiger charge is 2.28. The van der Waals surface area contributed by atoms with Gasteiger partial charge in [-0.15, -0.1) is 0 Å². The number of carbonyl (C=O) groups is 2. The number of ketones is 1. The van der Waals surface area contributed by atoms with Gasteiger partial charge in [0.15, 0.2) is 11.6 Å². The summed E-state index contributed by atoms with van der Waals surface area (Å²) in [6.07, 6.45) is 6.40. The number of hydrogen-bond donors (Lipinski definition) is 1. The Hall–Kier alpha value is -1.65. The van der Waals surface area contributed by atoms with Crippen LogP contribution in [0.25, 0.3) is 0 Å². The Kier molecular flexibility index (Phi) is 2.05. The average Bonchev–Trinajstić information content (AvgIpc) is 2.82. The van der Waals surface area contributed by atoms with Gasteiger partial charge in [0.05, 0.1) is 18.0 Å². The standard InChI is InChI=1S/C11H13N3O2/c15-9-5-10(16)12-11-8(9)6-14(13-11)7-3-1-2-4-7/h6-7H,1-5H2,(H,12,13,16). The van der Waals surface area contributed by atoms with Gasteiger partial charge in [0.2, 0.25) is 5.91 Å². The van der Waals surface area contributed by atoms with E-state index in [9.17, 15) is 9.59 Å². The number of rotatable bonds is 1. The van der Waals surface area contributed by atoms with Crippen LogP contribution in [-0.2, 0) is 4.79 Å². The highest BCUT2D eigenvalue weighted by atomic mass is 16.2. The van der Waals surface area contributed by atoms with Gasteiger partial charge in [-0.1, -0.05) is 12.8 Å². The number of amides is 1. The molecule has 0 atom stereocenters. The van der Waals surface area contributed by atoms with E-state index in [0.717, 1.165) is 12.8 Å². The first-order valence-electron chi connectivity index (χ1n) is 5.66. The molecule has 0 aromatic carbocycles. The van der Waals surface area contributed by atoms with Gasteiger partial charge >= 0.3 is 0 Å². The molecule has 2 aliphatic rings. The molecule has 1 aromatic rings. The van der Waals surface area contributed by atoms with E-state index >= 15 is 0 Å². The van der Waals surface area contributed by atoms with Crippen molar-refractivity contribution in [2.45, 2.75) is 38.1 Å². The molecule has 1 aliphatic heterocycles. The molecule has 1 aromatic heterocycles. The van der Waals surface area contributed by atoms with E-state index in [4.69, 9.17) is 0 Å². The second-order valence-corrected chi connectivity index (χ2v) is 4.46. The van der Waals surface area contributed by atoms with E-state index in [-0.39, 0.29) is 18.1 Å². The predicted molar refractivity (Wildman–Crippen MR) is 57.3 cm³/mol. The van der Waals surface area contributed by atoms with Crippen LogP contribution in [0.2, 0.25) is 0 Å². The Bertz CT molecular complexity index is 458. The van der Waals surface area contributed by atoms with Crippen molar-refractivity contribution in [2.75, 3.05) is 5.32 Å². The van der Waals surface area contributed by atoms with Crippen LogP contribution in [0.1, 0.15) is 48.5 Å². The van der Waals surface area contributed by atoms with Crippen molar-refractivity contribution < 1.29 is 9.59 Å². The quantitative estimate of drug-likeness (QED) is 0.728. The summed E-state index contributed by atoms with van der Waals surface area (Å²) >= 11 is 0. The van der Waals surface area contributed by atoms with E-state index in [1.807, 2.05) is 4.68 Å². The van der Waals surface area contributed by atoms with Gasteiger partial charge in [-0.2, -0.15) is 5.10 Å². The van der Waals surface area contributed by atoms with Gasteiger partial charge < -0.3 is 5.32 Å². The summed E-state index contributed by atoms with van der Waals surface area (Å²) in [5, 5.41) is 6.94. The number of Topliss-reactive ketones (excluding diaryl/α,β-unsaturated/α-hetero) is 1. The van der Waals surface area contributed by atoms with Crippen LogP contribution in [0.4, 0.5) is 5.82 Å². The van der Waals surface area contributed by atoms with E-state index < -0.39 is 0 Å². The maximum atomic E-state index is 11.6. The van der Waals surface area contributed by atoms with Crippen molar-refractivity contribution in [3.63, 3.8) is 0 Å². The molecule has 2 heterocycles. The molecular formula is C11H13N3O2. The van der Waals surface area contributed by atoms with Gasteiger partial charge in [0.1, 0.15) is 0 Å². The summed E-state index contributed by atoms with van der Waals surface area (Å²) in [4.78, 5) is 22.8. The molecule has 1 saturated carbocycles. The maximum absolute atomic E-state index is 11.6. The van der Waals surface area contributed by atoms with Crippen LogP contribution < -0.4 is 5.32 Å². The number of anilines is 1. The van der Waals surface area contributed by atoms with Crippen LogP contribution in [-0.4, -0.2) is 21.5 Å². The minimum absolute atomic E-state index is 0.0522. The molecule has 0 bridgehead atoms. The van der Waals surface area contributed by atoms with Crippen LogP contribution in [0, 0.1) is 0 Å². The molecule has 1 amide bonds. The third-order valence-corrected chi connectivity index (χ3v) is 3.31. The number of nitrogens with one attached hydrogen (secondary N) is 1. The van der Waals surface area contributed by atoms with Gasteiger partial charge in [0, 0.05) is 6.20 Å². The van der Waals surface area contributed by atoms with Crippen molar-refractivity contribution in [3.8, 4) is 0 Å². The van der Waals surface area contributed by atoms with Crippen molar-refractivity contribution >= 4 is 17.5 Å². The van der Waals surface area contributed by atoms with Crippen LogP contribution in [0.5, 0.6) is 0 Å². The van der Waals surface area contributed by atoms with E-state index in [2.05, 4.69) is 10.4 Å². The first-order chi connectivity index (χ1) is 7.74. The minimum Gasteiger partial charge on any atom is -0.308 e. The largest absolute Gasteiger partial charge is 0.308 e. The van der Waals surface area contributed by atoms with Gasteiger partial charge in [-0.3, -0.25) is 14.3 Å². The molecule has 84 valence electrons. The number of fused-ring (bicyclic) bond motifs is 1. The molecule has 0 radical (unpaired) electrons. The lowest BCUT2D eigenvalue weighted by atomic mass is 10.1. The van der Waals surface area contributed by atoms with Crippen molar-refractivity contribution in [1.82, 2.24) is 9.78 Å². The van der Waals surface area contributed by atoms with E-state index in [1.54, 1.807) is 6.20 Å². The molecule has 0 unspecified atom stereocenters. The molecule has 5 heteroatoms. The lowest BCUT2D eigenvalue weighted by molar-refractivity contribution is -0.115. The lowest BCUT2D eigenvalue weighted by Crippen LogP contribution is -2.23. The third-order valence-electron chi connectivity index (χ3n) is 3.31. The van der Waals surface area contributed by atoms with Gasteiger partial charge in [-0.05, 0) is 12.8 Å². The topological polar surface area (TPSA) is 64.0 Å². The van der Waals surface area contributed by atoms with Crippen molar-refractivity contribution in [3.05, 3.63) is 11.8 Å². The Morgan fingerprint density at radius 1 is 1.31 bits per heavy atom. The fraction of sp³-hybridized carbons (Fsp3) is 0.545. The summed E-state index contributed by atoms with van der Waals surface area (Å²) in [6.45, 7) is 0. The Labute approximate surface area is 92.8 Å². The van der Waals surface area contributed by atoms with Crippen LogP contribution >= 0.6 is 0 Å². The zero-order valence-corrected chi connectivity index (χ0v) is 8.90. The maximum Gasteiger partial charge on any atom is 0.233 e. The predicted octanol–water partition coefficient (Wildman–Crippen LogP) is 1.52. The summed E-state index contributed by atoms with van der Waals surface area (Å²) in [7, 11) is 0. The second-order valence-electron chi connectivity index (χ2n) is 4.46. The lowest BCUT2D eigenvalue weighted by Gasteiger charge is -2.09. The summed E-state index contributed by atoms with van der Waals surface area (Å²) < 4.78 is 1.85. The fourth-order valence-corrected chi connectivity index (χ4v) is 2.46. The zero-order chi connectivity index (χ0) is 11.1. The third kappa shape index (κ3) is 1.43. The second kappa shape index (κ2) is 3.43. The molecule has 16 heavy (non-hydrogen) atoms. The number of aromatic nitrogens is 2. The molecule has 3 rings (SSSR count). The Morgan fingerprint density at radius 3 is 2.81 bits per heavy atom. The Balaban J connectivity index is 1.96. The minimum atomic E-state index is -0.255. The first-order valence-corrected chi connectivity index (χ1v) is 5.66.